The number of nitrogens with one attached hydrogen (secondary N) is 2. The molecule has 0 spiro atoms. The second kappa shape index (κ2) is 10.9. The molecule has 5 nitrogen and oxygen atoms in total. The first kappa shape index (κ1) is 18.6. The highest BCUT2D eigenvalue weighted by Gasteiger charge is 2.15. The van der Waals surface area contributed by atoms with Crippen LogP contribution in [0.1, 0.15) is 44.6 Å². The summed E-state index contributed by atoms with van der Waals surface area (Å²) in [6.07, 6.45) is 6.03. The summed E-state index contributed by atoms with van der Waals surface area (Å²) >= 11 is 0. The van der Waals surface area contributed by atoms with E-state index in [-0.39, 0.29) is 0 Å². The summed E-state index contributed by atoms with van der Waals surface area (Å²) in [4.78, 5) is 4.72. The molecule has 0 amide bonds. The molecule has 24 heavy (non-hydrogen) atoms. The largest absolute Gasteiger partial charge is 0.493 e. The molecule has 1 fully saturated rings. The normalized spacial score (nSPS) is 15.5. The third-order valence-corrected chi connectivity index (χ3v) is 4.12. The molecule has 2 N–H and O–H groups in total. The maximum Gasteiger partial charge on any atom is 0.191 e. The molecule has 0 unspecified atom stereocenters. The van der Waals surface area contributed by atoms with Gasteiger partial charge in [-0.15, -0.1) is 0 Å². The van der Waals surface area contributed by atoms with Gasteiger partial charge < -0.3 is 20.1 Å². The number of nitrogens with zero attached hydrogens (tertiary/aromatic N) is 1. The van der Waals surface area contributed by atoms with Gasteiger partial charge in [-0.2, -0.15) is 0 Å². The Balaban J connectivity index is 1.87. The van der Waals surface area contributed by atoms with Gasteiger partial charge in [0, 0.05) is 32.7 Å². The summed E-state index contributed by atoms with van der Waals surface area (Å²) in [6.45, 7) is 5.02. The Morgan fingerprint density at radius 1 is 1.25 bits per heavy atom. The third-order valence-electron chi connectivity index (χ3n) is 4.12. The number of methoxy groups -OCH3 is 1. The van der Waals surface area contributed by atoms with E-state index in [0.29, 0.717) is 19.2 Å². The van der Waals surface area contributed by atoms with Crippen LogP contribution in [-0.2, 0) is 11.3 Å². The summed E-state index contributed by atoms with van der Waals surface area (Å²) in [5.74, 6) is 1.81. The van der Waals surface area contributed by atoms with Crippen molar-refractivity contribution in [2.45, 2.75) is 51.6 Å². The lowest BCUT2D eigenvalue weighted by atomic mass is 10.2. The summed E-state index contributed by atoms with van der Waals surface area (Å²) in [7, 11) is 1.71. The van der Waals surface area contributed by atoms with Gasteiger partial charge in [0.15, 0.2) is 5.96 Å². The number of benzene rings is 1. The van der Waals surface area contributed by atoms with Crippen molar-refractivity contribution in [3.63, 3.8) is 0 Å². The van der Waals surface area contributed by atoms with Crippen molar-refractivity contribution in [3.8, 4) is 5.75 Å². The molecule has 134 valence electrons. The fourth-order valence-corrected chi connectivity index (χ4v) is 2.88. The van der Waals surface area contributed by atoms with Gasteiger partial charge in [0.2, 0.25) is 0 Å². The van der Waals surface area contributed by atoms with E-state index in [9.17, 15) is 0 Å². The maximum atomic E-state index is 5.75. The van der Waals surface area contributed by atoms with E-state index < -0.39 is 0 Å². The smallest absolute Gasteiger partial charge is 0.191 e. The van der Waals surface area contributed by atoms with Crippen molar-refractivity contribution in [3.05, 3.63) is 29.8 Å². The highest BCUT2D eigenvalue weighted by atomic mass is 16.5. The number of hydrogen-bond acceptors (Lipinski definition) is 3. The number of guanidine groups is 1. The Bertz CT molecular complexity index is 499. The maximum absolute atomic E-state index is 5.75. The molecule has 5 heteroatoms. The van der Waals surface area contributed by atoms with Crippen molar-refractivity contribution in [2.24, 2.45) is 4.99 Å². The van der Waals surface area contributed by atoms with Gasteiger partial charge in [-0.05, 0) is 37.5 Å². The van der Waals surface area contributed by atoms with Crippen molar-refractivity contribution in [1.82, 2.24) is 10.6 Å². The van der Waals surface area contributed by atoms with E-state index in [1.165, 1.54) is 25.7 Å². The zero-order valence-corrected chi connectivity index (χ0v) is 15.0. The van der Waals surface area contributed by atoms with E-state index in [1.807, 2.05) is 12.1 Å². The molecule has 0 aromatic heterocycles. The van der Waals surface area contributed by atoms with Crippen LogP contribution in [-0.4, -0.2) is 38.9 Å². The van der Waals surface area contributed by atoms with Gasteiger partial charge in [0.25, 0.3) is 0 Å². The minimum atomic E-state index is 0.568. The second-order valence-electron chi connectivity index (χ2n) is 6.16. The predicted molar refractivity (Wildman–Crippen MR) is 98.6 cm³/mol. The van der Waals surface area contributed by atoms with E-state index in [0.717, 1.165) is 36.8 Å². The van der Waals surface area contributed by atoms with Gasteiger partial charge in [-0.1, -0.05) is 25.0 Å². The molecular formula is C19H31N3O2. The number of rotatable bonds is 9. The third kappa shape index (κ3) is 6.79. The number of hydrogen-bond donors (Lipinski definition) is 2. The molecule has 2 rings (SSSR count). The Morgan fingerprint density at radius 3 is 2.83 bits per heavy atom. The van der Waals surface area contributed by atoms with Gasteiger partial charge in [-0.3, -0.25) is 0 Å². The van der Waals surface area contributed by atoms with Gasteiger partial charge in [0.05, 0.1) is 13.2 Å². The quantitative estimate of drug-likeness (QED) is 0.414. The number of ether oxygens (including phenoxy) is 2. The minimum Gasteiger partial charge on any atom is -0.493 e. The SMILES string of the molecule is CCNC(=NCc1cccc(OCCCOC)c1)NC1CCCC1. The van der Waals surface area contributed by atoms with Gasteiger partial charge in [0.1, 0.15) is 5.75 Å². The standard InChI is InChI=1S/C19H31N3O2/c1-3-20-19(22-17-9-4-5-10-17)21-15-16-8-6-11-18(14-16)24-13-7-12-23-2/h6,8,11,14,17H,3-5,7,9-10,12-13,15H2,1-2H3,(H2,20,21,22). The van der Waals surface area contributed by atoms with E-state index in [1.54, 1.807) is 7.11 Å². The van der Waals surface area contributed by atoms with E-state index in [2.05, 4.69) is 29.7 Å². The van der Waals surface area contributed by atoms with Crippen LogP contribution in [0.25, 0.3) is 0 Å². The fraction of sp³-hybridized carbons (Fsp3) is 0.632. The lowest BCUT2D eigenvalue weighted by Crippen LogP contribution is -2.42. The van der Waals surface area contributed by atoms with Crippen molar-refractivity contribution in [1.29, 1.82) is 0 Å². The topological polar surface area (TPSA) is 54.9 Å². The fourth-order valence-electron chi connectivity index (χ4n) is 2.88. The lowest BCUT2D eigenvalue weighted by molar-refractivity contribution is 0.172. The highest BCUT2D eigenvalue weighted by molar-refractivity contribution is 5.80. The zero-order valence-electron chi connectivity index (χ0n) is 15.0. The van der Waals surface area contributed by atoms with Crippen LogP contribution in [0.15, 0.2) is 29.3 Å². The highest BCUT2D eigenvalue weighted by Crippen LogP contribution is 2.18. The molecular weight excluding hydrogens is 302 g/mol. The molecule has 1 aliphatic rings. The average molecular weight is 333 g/mol. The van der Waals surface area contributed by atoms with Crippen LogP contribution in [0.3, 0.4) is 0 Å². The molecule has 0 saturated heterocycles. The molecule has 1 aliphatic carbocycles. The van der Waals surface area contributed by atoms with E-state index >= 15 is 0 Å². The minimum absolute atomic E-state index is 0.568. The zero-order chi connectivity index (χ0) is 17.0. The van der Waals surface area contributed by atoms with E-state index in [4.69, 9.17) is 14.5 Å². The summed E-state index contributed by atoms with van der Waals surface area (Å²) in [6, 6.07) is 8.73. The predicted octanol–water partition coefficient (Wildman–Crippen LogP) is 3.10. The molecule has 0 aliphatic heterocycles. The molecule has 0 radical (unpaired) electrons. The second-order valence-corrected chi connectivity index (χ2v) is 6.16. The Labute approximate surface area is 145 Å². The first-order chi connectivity index (χ1) is 11.8. The molecule has 1 saturated carbocycles. The molecule has 1 aromatic rings. The van der Waals surface area contributed by atoms with Crippen molar-refractivity contribution >= 4 is 5.96 Å². The van der Waals surface area contributed by atoms with Crippen LogP contribution in [0.5, 0.6) is 5.75 Å². The van der Waals surface area contributed by atoms with Gasteiger partial charge >= 0.3 is 0 Å². The Morgan fingerprint density at radius 2 is 2.08 bits per heavy atom. The van der Waals surface area contributed by atoms with Gasteiger partial charge in [-0.25, -0.2) is 4.99 Å². The van der Waals surface area contributed by atoms with Crippen molar-refractivity contribution in [2.75, 3.05) is 26.9 Å². The Kier molecular flexibility index (Phi) is 8.46. The molecule has 0 bridgehead atoms. The van der Waals surface area contributed by atoms with Crippen LogP contribution in [0.4, 0.5) is 0 Å². The molecule has 0 atom stereocenters. The van der Waals surface area contributed by atoms with Crippen LogP contribution < -0.4 is 15.4 Å². The monoisotopic (exact) mass is 333 g/mol. The molecule has 0 heterocycles. The summed E-state index contributed by atoms with van der Waals surface area (Å²) in [5.41, 5.74) is 1.16. The first-order valence-corrected chi connectivity index (χ1v) is 9.07. The Hall–Kier alpha value is -1.75. The van der Waals surface area contributed by atoms with Crippen LogP contribution in [0.2, 0.25) is 0 Å². The van der Waals surface area contributed by atoms with Crippen LogP contribution >= 0.6 is 0 Å². The first-order valence-electron chi connectivity index (χ1n) is 9.07. The van der Waals surface area contributed by atoms with Crippen LogP contribution in [0, 0.1) is 0 Å². The van der Waals surface area contributed by atoms with Crippen molar-refractivity contribution < 1.29 is 9.47 Å². The molecule has 1 aromatic carbocycles. The summed E-state index contributed by atoms with van der Waals surface area (Å²) in [5, 5.41) is 6.88. The lowest BCUT2D eigenvalue weighted by Gasteiger charge is -2.16. The summed E-state index contributed by atoms with van der Waals surface area (Å²) < 4.78 is 10.8. The number of aliphatic imine (C=N–C) groups is 1. The average Bonchev–Trinajstić information content (AvgIpc) is 3.10.